The van der Waals surface area contributed by atoms with Crippen LogP contribution in [0.2, 0.25) is 0 Å². The first-order chi connectivity index (χ1) is 7.26. The molecule has 0 saturated heterocycles. The molecule has 88 valence electrons. The molecule has 0 aromatic rings. The molecular formula is C11H21O3P. The van der Waals surface area contributed by atoms with E-state index in [4.69, 9.17) is 4.74 Å². The molecule has 0 aromatic heterocycles. The number of hydrogen-bond acceptors (Lipinski definition) is 3. The summed E-state index contributed by atoms with van der Waals surface area (Å²) < 4.78 is 15.6. The van der Waals surface area contributed by atoms with E-state index in [1.165, 1.54) is 0 Å². The topological polar surface area (TPSA) is 43.4 Å². The molecule has 15 heavy (non-hydrogen) atoms. The molecule has 0 fully saturated rings. The van der Waals surface area contributed by atoms with Gasteiger partial charge in [-0.2, -0.15) is 0 Å². The molecule has 3 nitrogen and oxygen atoms in total. The van der Waals surface area contributed by atoms with Gasteiger partial charge in [0.15, 0.2) is 8.46 Å². The lowest BCUT2D eigenvalue weighted by molar-refractivity contribution is -0.148. The predicted octanol–water partition coefficient (Wildman–Crippen LogP) is 3.43. The van der Waals surface area contributed by atoms with E-state index in [-0.39, 0.29) is 20.3 Å². The lowest BCUT2D eigenvalue weighted by Gasteiger charge is -2.12. The van der Waals surface area contributed by atoms with Crippen molar-refractivity contribution >= 4 is 14.4 Å². The Hall–Kier alpha value is -0.430. The average Bonchev–Trinajstić information content (AvgIpc) is 2.24. The Kier molecular flexibility index (Phi) is 9.81. The fraction of sp³-hybridized carbons (Fsp3) is 0.909. The third-order valence-corrected chi connectivity index (χ3v) is 2.87. The first-order valence-electron chi connectivity index (χ1n) is 5.72. The maximum absolute atomic E-state index is 11.5. The van der Waals surface area contributed by atoms with Crippen molar-refractivity contribution in [2.75, 3.05) is 12.8 Å². The summed E-state index contributed by atoms with van der Waals surface area (Å²) in [7, 11) is 0.0368. The van der Waals surface area contributed by atoms with Gasteiger partial charge in [0.2, 0.25) is 0 Å². The molecule has 0 bridgehead atoms. The summed E-state index contributed by atoms with van der Waals surface area (Å²) in [5.41, 5.74) is 0. The standard InChI is InChI=1S/C11H21O3P/c1-3-5-7-10(9-15-13)11(12)14-8-6-4-2/h10H,3-9H2,1-2H3. The maximum atomic E-state index is 11.5. The Morgan fingerprint density at radius 3 is 2.47 bits per heavy atom. The van der Waals surface area contributed by atoms with Gasteiger partial charge in [-0.1, -0.05) is 33.1 Å². The molecule has 1 unspecified atom stereocenters. The summed E-state index contributed by atoms with van der Waals surface area (Å²) in [6.07, 6.45) is 5.15. The van der Waals surface area contributed by atoms with Gasteiger partial charge in [0.05, 0.1) is 12.5 Å². The van der Waals surface area contributed by atoms with Crippen LogP contribution in [0.5, 0.6) is 0 Å². The van der Waals surface area contributed by atoms with Gasteiger partial charge < -0.3 is 4.74 Å². The lowest BCUT2D eigenvalue weighted by atomic mass is 10.0. The highest BCUT2D eigenvalue weighted by Crippen LogP contribution is 2.15. The normalized spacial score (nSPS) is 12.7. The minimum absolute atomic E-state index is 0.0368. The van der Waals surface area contributed by atoms with E-state index in [9.17, 15) is 9.36 Å². The second-order valence-corrected chi connectivity index (χ2v) is 4.30. The zero-order valence-corrected chi connectivity index (χ0v) is 10.6. The van der Waals surface area contributed by atoms with Crippen molar-refractivity contribution in [1.29, 1.82) is 0 Å². The molecule has 0 aliphatic carbocycles. The van der Waals surface area contributed by atoms with E-state index in [0.717, 1.165) is 32.1 Å². The van der Waals surface area contributed by atoms with E-state index in [2.05, 4.69) is 13.8 Å². The van der Waals surface area contributed by atoms with Crippen LogP contribution in [0.4, 0.5) is 0 Å². The molecule has 0 N–H and O–H groups in total. The molecule has 0 rings (SSSR count). The van der Waals surface area contributed by atoms with Gasteiger partial charge in [-0.15, -0.1) is 0 Å². The lowest BCUT2D eigenvalue weighted by Crippen LogP contribution is -2.19. The van der Waals surface area contributed by atoms with Crippen molar-refractivity contribution in [3.63, 3.8) is 0 Å². The van der Waals surface area contributed by atoms with Crippen molar-refractivity contribution in [3.05, 3.63) is 0 Å². The smallest absolute Gasteiger partial charge is 0.309 e. The van der Waals surface area contributed by atoms with E-state index >= 15 is 0 Å². The second kappa shape index (κ2) is 10.1. The van der Waals surface area contributed by atoms with Crippen LogP contribution in [0.1, 0.15) is 46.0 Å². The highest BCUT2D eigenvalue weighted by molar-refractivity contribution is 7.23. The Bertz CT molecular complexity index is 183. The van der Waals surface area contributed by atoms with Gasteiger partial charge in [-0.05, 0) is 12.8 Å². The minimum atomic E-state index is -0.180. The van der Waals surface area contributed by atoms with Crippen molar-refractivity contribution in [3.8, 4) is 0 Å². The molecule has 0 aliphatic heterocycles. The van der Waals surface area contributed by atoms with Crippen molar-refractivity contribution in [2.24, 2.45) is 5.92 Å². The van der Waals surface area contributed by atoms with Gasteiger partial charge in [0.25, 0.3) is 0 Å². The molecule has 0 radical (unpaired) electrons. The van der Waals surface area contributed by atoms with Gasteiger partial charge in [0.1, 0.15) is 0 Å². The number of esters is 1. The molecule has 0 aliphatic rings. The molecule has 4 heteroatoms. The molecular weight excluding hydrogens is 211 g/mol. The summed E-state index contributed by atoms with van der Waals surface area (Å²) in [6.45, 7) is 4.63. The Morgan fingerprint density at radius 1 is 1.27 bits per heavy atom. The number of ether oxygens (including phenoxy) is 1. The van der Waals surface area contributed by atoms with Crippen LogP contribution in [0.15, 0.2) is 0 Å². The largest absolute Gasteiger partial charge is 0.465 e. The van der Waals surface area contributed by atoms with Crippen LogP contribution in [0.25, 0.3) is 0 Å². The van der Waals surface area contributed by atoms with Crippen LogP contribution in [0.3, 0.4) is 0 Å². The summed E-state index contributed by atoms with van der Waals surface area (Å²) in [5.74, 6) is -0.360. The van der Waals surface area contributed by atoms with Crippen LogP contribution in [-0.4, -0.2) is 18.7 Å². The van der Waals surface area contributed by atoms with Gasteiger partial charge in [-0.25, -0.2) is 0 Å². The van der Waals surface area contributed by atoms with E-state index < -0.39 is 0 Å². The zero-order valence-electron chi connectivity index (χ0n) is 9.70. The fourth-order valence-corrected chi connectivity index (χ4v) is 1.77. The zero-order chi connectivity index (χ0) is 11.5. The second-order valence-electron chi connectivity index (χ2n) is 3.67. The Balaban J connectivity index is 3.86. The summed E-state index contributed by atoms with van der Waals surface area (Å²) >= 11 is 0. The first-order valence-corrected chi connectivity index (χ1v) is 6.71. The van der Waals surface area contributed by atoms with Crippen LogP contribution in [0, 0.1) is 5.92 Å². The summed E-state index contributed by atoms with van der Waals surface area (Å²) in [6, 6.07) is 0. The molecule has 0 amide bonds. The molecule has 0 saturated carbocycles. The highest BCUT2D eigenvalue weighted by Gasteiger charge is 2.19. The third kappa shape index (κ3) is 7.49. The third-order valence-electron chi connectivity index (χ3n) is 2.28. The number of unbranched alkanes of at least 4 members (excludes halogenated alkanes) is 2. The fourth-order valence-electron chi connectivity index (χ4n) is 1.26. The molecule has 0 spiro atoms. The quantitative estimate of drug-likeness (QED) is 0.347. The predicted molar refractivity (Wildman–Crippen MR) is 61.4 cm³/mol. The highest BCUT2D eigenvalue weighted by atomic mass is 31.1. The number of rotatable bonds is 9. The molecule has 0 heterocycles. The summed E-state index contributed by atoms with van der Waals surface area (Å²) in [4.78, 5) is 11.5. The van der Waals surface area contributed by atoms with Gasteiger partial charge >= 0.3 is 5.97 Å². The van der Waals surface area contributed by atoms with Crippen LogP contribution in [-0.2, 0) is 14.1 Å². The van der Waals surface area contributed by atoms with Gasteiger partial charge in [0, 0.05) is 6.16 Å². The van der Waals surface area contributed by atoms with Gasteiger partial charge in [-0.3, -0.25) is 9.36 Å². The van der Waals surface area contributed by atoms with Crippen molar-refractivity contribution in [1.82, 2.24) is 0 Å². The summed E-state index contributed by atoms with van der Waals surface area (Å²) in [5, 5.41) is 0. The van der Waals surface area contributed by atoms with E-state index in [1.807, 2.05) is 0 Å². The van der Waals surface area contributed by atoms with E-state index in [1.54, 1.807) is 0 Å². The number of carbonyl (C=O) groups excluding carboxylic acids is 1. The van der Waals surface area contributed by atoms with Crippen LogP contribution >= 0.6 is 8.46 Å². The van der Waals surface area contributed by atoms with Crippen molar-refractivity contribution < 1.29 is 14.1 Å². The molecule has 1 atom stereocenters. The molecule has 0 aromatic carbocycles. The minimum Gasteiger partial charge on any atom is -0.465 e. The Labute approximate surface area is 93.8 Å². The first kappa shape index (κ1) is 14.6. The SMILES string of the molecule is CCCCOC(=O)C(CCCC)CP=O. The van der Waals surface area contributed by atoms with E-state index in [0.29, 0.717) is 12.8 Å². The number of carbonyl (C=O) groups is 1. The van der Waals surface area contributed by atoms with Crippen LogP contribution < -0.4 is 0 Å². The number of hydrogen-bond donors (Lipinski definition) is 0. The maximum Gasteiger partial charge on any atom is 0.309 e. The Morgan fingerprint density at radius 2 is 1.93 bits per heavy atom. The van der Waals surface area contributed by atoms with Crippen molar-refractivity contribution in [2.45, 2.75) is 46.0 Å². The monoisotopic (exact) mass is 232 g/mol. The average molecular weight is 232 g/mol.